The summed E-state index contributed by atoms with van der Waals surface area (Å²) in [6, 6.07) is 3.71. The molecule has 0 radical (unpaired) electrons. The van der Waals surface area contributed by atoms with E-state index in [1.165, 1.54) is 6.92 Å². The SMILES string of the molecule is CC[Si](CC)(CC)CC(=O)OC(C)=O. The number of rotatable bonds is 5. The fourth-order valence-electron chi connectivity index (χ4n) is 1.63. The van der Waals surface area contributed by atoms with Gasteiger partial charge in [-0.2, -0.15) is 0 Å². The van der Waals surface area contributed by atoms with Gasteiger partial charge in [0.05, 0.1) is 8.07 Å². The summed E-state index contributed by atoms with van der Waals surface area (Å²) in [5.41, 5.74) is 0. The summed E-state index contributed by atoms with van der Waals surface area (Å²) in [5.74, 6) is -0.837. The molecule has 0 amide bonds. The lowest BCUT2D eigenvalue weighted by Gasteiger charge is -2.26. The lowest BCUT2D eigenvalue weighted by molar-refractivity contribution is -0.156. The van der Waals surface area contributed by atoms with Gasteiger partial charge in [0.25, 0.3) is 0 Å². The Kier molecular flexibility index (Phi) is 5.68. The van der Waals surface area contributed by atoms with Gasteiger partial charge in [-0.3, -0.25) is 9.59 Å². The van der Waals surface area contributed by atoms with Gasteiger partial charge in [-0.1, -0.05) is 38.9 Å². The second kappa shape index (κ2) is 5.96. The molecule has 3 nitrogen and oxygen atoms in total. The van der Waals surface area contributed by atoms with Crippen molar-refractivity contribution in [2.45, 2.75) is 51.9 Å². The van der Waals surface area contributed by atoms with E-state index < -0.39 is 14.0 Å². The second-order valence-corrected chi connectivity index (χ2v) is 9.18. The van der Waals surface area contributed by atoms with Crippen LogP contribution in [0.2, 0.25) is 24.2 Å². The van der Waals surface area contributed by atoms with Gasteiger partial charge >= 0.3 is 11.9 Å². The Morgan fingerprint density at radius 1 is 1.07 bits per heavy atom. The predicted octanol–water partition coefficient (Wildman–Crippen LogP) is 2.58. The number of esters is 2. The Morgan fingerprint density at radius 2 is 1.50 bits per heavy atom. The molecule has 0 bridgehead atoms. The lowest BCUT2D eigenvalue weighted by atomic mass is 10.7. The van der Waals surface area contributed by atoms with Crippen molar-refractivity contribution in [2.75, 3.05) is 0 Å². The molecular weight excluding hydrogens is 196 g/mol. The van der Waals surface area contributed by atoms with Crippen LogP contribution in [-0.2, 0) is 14.3 Å². The molecule has 0 saturated carbocycles. The number of carbonyl (C=O) groups excluding carboxylic acids is 2. The van der Waals surface area contributed by atoms with Gasteiger partial charge in [0.2, 0.25) is 0 Å². The van der Waals surface area contributed by atoms with Gasteiger partial charge in [0.1, 0.15) is 0 Å². The topological polar surface area (TPSA) is 43.4 Å². The van der Waals surface area contributed by atoms with Crippen LogP contribution in [0.15, 0.2) is 0 Å². The Morgan fingerprint density at radius 3 is 1.79 bits per heavy atom. The van der Waals surface area contributed by atoms with Crippen LogP contribution in [-0.4, -0.2) is 20.0 Å². The van der Waals surface area contributed by atoms with Crippen molar-refractivity contribution in [1.82, 2.24) is 0 Å². The van der Waals surface area contributed by atoms with Crippen LogP contribution in [0.4, 0.5) is 0 Å². The number of carbonyl (C=O) groups is 2. The molecule has 0 heterocycles. The molecule has 0 rings (SSSR count). The summed E-state index contributed by atoms with van der Waals surface area (Å²) in [7, 11) is -1.47. The number of ether oxygens (including phenoxy) is 1. The average molecular weight is 216 g/mol. The van der Waals surface area contributed by atoms with Crippen molar-refractivity contribution in [2.24, 2.45) is 0 Å². The zero-order chi connectivity index (χ0) is 11.2. The van der Waals surface area contributed by atoms with Crippen LogP contribution >= 0.6 is 0 Å². The largest absolute Gasteiger partial charge is 0.394 e. The minimum Gasteiger partial charge on any atom is -0.394 e. The molecule has 0 N–H and O–H groups in total. The molecule has 0 aromatic carbocycles. The van der Waals surface area contributed by atoms with Gasteiger partial charge in [0, 0.05) is 13.0 Å². The van der Waals surface area contributed by atoms with Crippen LogP contribution in [0.5, 0.6) is 0 Å². The van der Waals surface area contributed by atoms with Crippen LogP contribution in [0, 0.1) is 0 Å². The molecule has 0 fully saturated rings. The van der Waals surface area contributed by atoms with Crippen molar-refractivity contribution in [3.8, 4) is 0 Å². The zero-order valence-electron chi connectivity index (χ0n) is 9.55. The number of hydrogen-bond acceptors (Lipinski definition) is 3. The molecule has 0 saturated heterocycles. The Hall–Kier alpha value is -0.643. The maximum Gasteiger partial charge on any atom is 0.310 e. The lowest BCUT2D eigenvalue weighted by Crippen LogP contribution is -2.35. The minimum absolute atomic E-state index is 0.338. The van der Waals surface area contributed by atoms with Crippen molar-refractivity contribution < 1.29 is 14.3 Å². The Balaban J connectivity index is 4.29. The molecule has 0 unspecified atom stereocenters. The van der Waals surface area contributed by atoms with Gasteiger partial charge in [-0.25, -0.2) is 0 Å². The van der Waals surface area contributed by atoms with Gasteiger partial charge in [-0.15, -0.1) is 0 Å². The number of hydrogen-bond donors (Lipinski definition) is 0. The Labute approximate surface area is 86.8 Å². The molecule has 0 aliphatic carbocycles. The fraction of sp³-hybridized carbons (Fsp3) is 0.800. The van der Waals surface area contributed by atoms with E-state index in [0.29, 0.717) is 6.04 Å². The van der Waals surface area contributed by atoms with E-state index in [4.69, 9.17) is 0 Å². The first kappa shape index (κ1) is 13.4. The quantitative estimate of drug-likeness (QED) is 0.403. The highest BCUT2D eigenvalue weighted by atomic mass is 28.3. The average Bonchev–Trinajstić information content (AvgIpc) is 2.13. The molecule has 0 aliphatic heterocycles. The second-order valence-electron chi connectivity index (χ2n) is 3.70. The standard InChI is InChI=1S/C10H20O3Si/c1-5-14(6-2,7-3)8-10(12)13-9(4)11/h5-8H2,1-4H3. The van der Waals surface area contributed by atoms with E-state index in [1.54, 1.807) is 0 Å². The van der Waals surface area contributed by atoms with Gasteiger partial charge in [0.15, 0.2) is 0 Å². The first-order chi connectivity index (χ1) is 6.49. The predicted molar refractivity (Wildman–Crippen MR) is 58.8 cm³/mol. The van der Waals surface area contributed by atoms with Crippen LogP contribution in [0.3, 0.4) is 0 Å². The monoisotopic (exact) mass is 216 g/mol. The van der Waals surface area contributed by atoms with E-state index in [0.717, 1.165) is 18.1 Å². The molecule has 0 aliphatic rings. The molecule has 0 atom stereocenters. The maximum atomic E-state index is 11.3. The highest BCUT2D eigenvalue weighted by Crippen LogP contribution is 2.25. The van der Waals surface area contributed by atoms with E-state index in [2.05, 4.69) is 25.5 Å². The van der Waals surface area contributed by atoms with Crippen molar-refractivity contribution in [3.05, 3.63) is 0 Å². The van der Waals surface area contributed by atoms with Crippen molar-refractivity contribution in [3.63, 3.8) is 0 Å². The smallest absolute Gasteiger partial charge is 0.310 e. The van der Waals surface area contributed by atoms with E-state index in [-0.39, 0.29) is 5.97 Å². The van der Waals surface area contributed by atoms with Crippen molar-refractivity contribution >= 4 is 20.0 Å². The summed E-state index contributed by atoms with van der Waals surface area (Å²) in [6.07, 6.45) is 0. The summed E-state index contributed by atoms with van der Waals surface area (Å²) < 4.78 is 4.57. The summed E-state index contributed by atoms with van der Waals surface area (Å²) in [6.45, 7) is 7.64. The van der Waals surface area contributed by atoms with Crippen LogP contribution < -0.4 is 0 Å². The molecule has 14 heavy (non-hydrogen) atoms. The first-order valence-corrected chi connectivity index (χ1v) is 8.03. The fourth-order valence-corrected chi connectivity index (χ4v) is 4.56. The minimum atomic E-state index is -1.47. The third-order valence-electron chi connectivity index (χ3n) is 3.03. The third kappa shape index (κ3) is 4.04. The molecule has 0 aromatic rings. The molecule has 82 valence electrons. The van der Waals surface area contributed by atoms with E-state index in [9.17, 15) is 9.59 Å². The summed E-state index contributed by atoms with van der Waals surface area (Å²) in [5, 5.41) is 0. The van der Waals surface area contributed by atoms with E-state index >= 15 is 0 Å². The normalized spacial score (nSPS) is 11.1. The third-order valence-corrected chi connectivity index (χ3v) is 8.57. The molecule has 4 heteroatoms. The summed E-state index contributed by atoms with van der Waals surface area (Å²) in [4.78, 5) is 21.9. The maximum absolute atomic E-state index is 11.3. The molecular formula is C10H20O3Si. The first-order valence-electron chi connectivity index (χ1n) is 5.21. The van der Waals surface area contributed by atoms with Crippen LogP contribution in [0.25, 0.3) is 0 Å². The Bertz CT molecular complexity index is 201. The van der Waals surface area contributed by atoms with E-state index in [1.807, 2.05) is 0 Å². The van der Waals surface area contributed by atoms with Gasteiger partial charge < -0.3 is 4.74 Å². The molecule has 0 spiro atoms. The highest BCUT2D eigenvalue weighted by molar-refractivity contribution is 6.82. The molecule has 0 aromatic heterocycles. The van der Waals surface area contributed by atoms with Gasteiger partial charge in [-0.05, 0) is 0 Å². The van der Waals surface area contributed by atoms with Crippen molar-refractivity contribution in [1.29, 1.82) is 0 Å². The van der Waals surface area contributed by atoms with Crippen LogP contribution in [0.1, 0.15) is 27.7 Å². The summed E-state index contributed by atoms with van der Waals surface area (Å²) >= 11 is 0. The highest BCUT2D eigenvalue weighted by Gasteiger charge is 2.30. The zero-order valence-corrected chi connectivity index (χ0v) is 10.6.